The average molecular weight is 325 g/mol. The molecule has 0 fully saturated rings. The fraction of sp³-hybridized carbons (Fsp3) is 0.400. The lowest BCUT2D eigenvalue weighted by atomic mass is 10.1. The summed E-state index contributed by atoms with van der Waals surface area (Å²) in [6.45, 7) is 9.98. The SMILES string of the molecule is CCN(c1cccc(C)c1)c1ccc(C(=O)NCCC(C)C)cn1. The Labute approximate surface area is 144 Å². The highest BCUT2D eigenvalue weighted by atomic mass is 16.1. The molecule has 2 aromatic rings. The summed E-state index contributed by atoms with van der Waals surface area (Å²) in [5.74, 6) is 1.37. The number of carbonyl (C=O) groups is 1. The van der Waals surface area contributed by atoms with Crippen molar-refractivity contribution in [2.24, 2.45) is 5.92 Å². The summed E-state index contributed by atoms with van der Waals surface area (Å²) < 4.78 is 0. The number of hydrogen-bond donors (Lipinski definition) is 1. The van der Waals surface area contributed by atoms with Crippen LogP contribution in [0.1, 0.15) is 43.1 Å². The summed E-state index contributed by atoms with van der Waals surface area (Å²) >= 11 is 0. The Morgan fingerprint density at radius 2 is 2.04 bits per heavy atom. The number of aromatic nitrogens is 1. The lowest BCUT2D eigenvalue weighted by Crippen LogP contribution is -2.25. The molecule has 1 heterocycles. The monoisotopic (exact) mass is 325 g/mol. The summed E-state index contributed by atoms with van der Waals surface area (Å²) in [6.07, 6.45) is 2.63. The van der Waals surface area contributed by atoms with Gasteiger partial charge in [-0.15, -0.1) is 0 Å². The standard InChI is InChI=1S/C20H27N3O/c1-5-23(18-8-6-7-16(4)13-18)19-10-9-17(14-22-19)20(24)21-12-11-15(2)3/h6-10,13-15H,5,11-12H2,1-4H3,(H,21,24). The Morgan fingerprint density at radius 1 is 1.25 bits per heavy atom. The minimum Gasteiger partial charge on any atom is -0.352 e. The first-order valence-corrected chi connectivity index (χ1v) is 8.59. The van der Waals surface area contributed by atoms with Crippen molar-refractivity contribution in [1.29, 1.82) is 0 Å². The van der Waals surface area contributed by atoms with E-state index in [2.05, 4.69) is 61.1 Å². The number of pyridine rings is 1. The van der Waals surface area contributed by atoms with Gasteiger partial charge in [0.25, 0.3) is 5.91 Å². The molecule has 4 heteroatoms. The molecule has 0 radical (unpaired) electrons. The van der Waals surface area contributed by atoms with Crippen molar-refractivity contribution in [3.63, 3.8) is 0 Å². The number of anilines is 2. The van der Waals surface area contributed by atoms with E-state index in [4.69, 9.17) is 0 Å². The van der Waals surface area contributed by atoms with Crippen molar-refractivity contribution in [2.45, 2.75) is 34.1 Å². The Balaban J connectivity index is 2.08. The van der Waals surface area contributed by atoms with Crippen molar-refractivity contribution in [1.82, 2.24) is 10.3 Å². The predicted molar refractivity (Wildman–Crippen MR) is 99.9 cm³/mol. The molecule has 2 rings (SSSR count). The van der Waals surface area contributed by atoms with Crippen LogP contribution in [-0.4, -0.2) is 24.0 Å². The summed E-state index contributed by atoms with van der Waals surface area (Å²) in [6, 6.07) is 12.1. The molecule has 0 saturated carbocycles. The van der Waals surface area contributed by atoms with Gasteiger partial charge >= 0.3 is 0 Å². The van der Waals surface area contributed by atoms with Crippen LogP contribution in [0.4, 0.5) is 11.5 Å². The molecule has 0 spiro atoms. The molecule has 0 aliphatic heterocycles. The number of aryl methyl sites for hydroxylation is 1. The highest BCUT2D eigenvalue weighted by molar-refractivity contribution is 5.94. The minimum atomic E-state index is -0.0618. The normalized spacial score (nSPS) is 10.7. The van der Waals surface area contributed by atoms with Gasteiger partial charge in [-0.2, -0.15) is 0 Å². The van der Waals surface area contributed by atoms with Crippen LogP contribution in [-0.2, 0) is 0 Å². The molecule has 24 heavy (non-hydrogen) atoms. The molecule has 1 N–H and O–H groups in total. The summed E-state index contributed by atoms with van der Waals surface area (Å²) in [5, 5.41) is 2.94. The lowest BCUT2D eigenvalue weighted by Gasteiger charge is -2.22. The smallest absolute Gasteiger partial charge is 0.252 e. The van der Waals surface area contributed by atoms with Crippen molar-refractivity contribution in [3.05, 3.63) is 53.7 Å². The van der Waals surface area contributed by atoms with Crippen molar-refractivity contribution >= 4 is 17.4 Å². The molecule has 0 atom stereocenters. The molecule has 0 unspecified atom stereocenters. The number of amides is 1. The first-order chi connectivity index (χ1) is 11.5. The van der Waals surface area contributed by atoms with Crippen LogP contribution in [0.25, 0.3) is 0 Å². The van der Waals surface area contributed by atoms with E-state index in [1.165, 1.54) is 5.56 Å². The van der Waals surface area contributed by atoms with E-state index in [-0.39, 0.29) is 5.91 Å². The van der Waals surface area contributed by atoms with Gasteiger partial charge in [-0.25, -0.2) is 4.98 Å². The second-order valence-electron chi connectivity index (χ2n) is 6.43. The minimum absolute atomic E-state index is 0.0618. The van der Waals surface area contributed by atoms with Crippen molar-refractivity contribution in [3.8, 4) is 0 Å². The van der Waals surface area contributed by atoms with E-state index >= 15 is 0 Å². The van der Waals surface area contributed by atoms with Crippen LogP contribution in [0, 0.1) is 12.8 Å². The maximum atomic E-state index is 12.1. The fourth-order valence-electron chi connectivity index (χ4n) is 2.53. The van der Waals surface area contributed by atoms with Gasteiger partial charge in [-0.1, -0.05) is 26.0 Å². The Hall–Kier alpha value is -2.36. The second-order valence-corrected chi connectivity index (χ2v) is 6.43. The average Bonchev–Trinajstić information content (AvgIpc) is 2.56. The number of carbonyl (C=O) groups excluding carboxylic acids is 1. The van der Waals surface area contributed by atoms with Crippen LogP contribution in [0.5, 0.6) is 0 Å². The van der Waals surface area contributed by atoms with Gasteiger partial charge in [0.05, 0.1) is 5.56 Å². The highest BCUT2D eigenvalue weighted by Gasteiger charge is 2.11. The van der Waals surface area contributed by atoms with E-state index in [0.717, 1.165) is 24.5 Å². The predicted octanol–water partition coefficient (Wildman–Crippen LogP) is 4.32. The van der Waals surface area contributed by atoms with Crippen LogP contribution in [0.2, 0.25) is 0 Å². The van der Waals surface area contributed by atoms with E-state index in [0.29, 0.717) is 18.0 Å². The second kappa shape index (κ2) is 8.48. The molecule has 128 valence electrons. The third-order valence-electron chi connectivity index (χ3n) is 3.92. The summed E-state index contributed by atoms with van der Waals surface area (Å²) in [7, 11) is 0. The zero-order valence-corrected chi connectivity index (χ0v) is 15.0. The molecule has 0 aliphatic rings. The third-order valence-corrected chi connectivity index (χ3v) is 3.92. The third kappa shape index (κ3) is 4.82. The van der Waals surface area contributed by atoms with Gasteiger partial charge in [0.15, 0.2) is 0 Å². The Morgan fingerprint density at radius 3 is 2.62 bits per heavy atom. The van der Waals surface area contributed by atoms with Crippen LogP contribution in [0.15, 0.2) is 42.6 Å². The van der Waals surface area contributed by atoms with E-state index in [9.17, 15) is 4.79 Å². The van der Waals surface area contributed by atoms with Crippen LogP contribution in [0.3, 0.4) is 0 Å². The summed E-state index contributed by atoms with van der Waals surface area (Å²) in [5.41, 5.74) is 2.93. The van der Waals surface area contributed by atoms with Gasteiger partial charge < -0.3 is 10.2 Å². The van der Waals surface area contributed by atoms with Gasteiger partial charge in [0, 0.05) is 25.0 Å². The van der Waals surface area contributed by atoms with E-state index < -0.39 is 0 Å². The number of benzene rings is 1. The van der Waals surface area contributed by atoms with Crippen LogP contribution >= 0.6 is 0 Å². The molecular weight excluding hydrogens is 298 g/mol. The first-order valence-electron chi connectivity index (χ1n) is 8.59. The molecular formula is C20H27N3O. The van der Waals surface area contributed by atoms with E-state index in [1.54, 1.807) is 6.20 Å². The largest absolute Gasteiger partial charge is 0.352 e. The zero-order chi connectivity index (χ0) is 17.5. The topological polar surface area (TPSA) is 45.2 Å². The van der Waals surface area contributed by atoms with Crippen LogP contribution < -0.4 is 10.2 Å². The highest BCUT2D eigenvalue weighted by Crippen LogP contribution is 2.24. The van der Waals surface area contributed by atoms with Gasteiger partial charge in [-0.05, 0) is 56.0 Å². The van der Waals surface area contributed by atoms with Crippen molar-refractivity contribution < 1.29 is 4.79 Å². The number of nitrogens with one attached hydrogen (secondary N) is 1. The summed E-state index contributed by atoms with van der Waals surface area (Å²) in [4.78, 5) is 18.7. The number of rotatable bonds is 7. The number of nitrogens with zero attached hydrogens (tertiary/aromatic N) is 2. The maximum absolute atomic E-state index is 12.1. The zero-order valence-electron chi connectivity index (χ0n) is 15.0. The molecule has 1 aromatic carbocycles. The van der Waals surface area contributed by atoms with Gasteiger partial charge in [-0.3, -0.25) is 4.79 Å². The molecule has 0 bridgehead atoms. The Kier molecular flexibility index (Phi) is 6.36. The van der Waals surface area contributed by atoms with E-state index in [1.807, 2.05) is 18.2 Å². The molecule has 1 amide bonds. The fourth-order valence-corrected chi connectivity index (χ4v) is 2.53. The number of hydrogen-bond acceptors (Lipinski definition) is 3. The Bertz CT molecular complexity index is 665. The molecule has 1 aromatic heterocycles. The molecule has 0 saturated heterocycles. The first kappa shape index (κ1) is 18.0. The van der Waals surface area contributed by atoms with Gasteiger partial charge in [0.2, 0.25) is 0 Å². The lowest BCUT2D eigenvalue weighted by molar-refractivity contribution is 0.0951. The quantitative estimate of drug-likeness (QED) is 0.824. The van der Waals surface area contributed by atoms with Crippen molar-refractivity contribution in [2.75, 3.05) is 18.0 Å². The molecule has 0 aliphatic carbocycles. The maximum Gasteiger partial charge on any atom is 0.252 e. The molecule has 4 nitrogen and oxygen atoms in total. The van der Waals surface area contributed by atoms with Gasteiger partial charge in [0.1, 0.15) is 5.82 Å².